The average molecular weight is 370 g/mol. The molecule has 0 atom stereocenters. The van der Waals surface area contributed by atoms with Crippen molar-refractivity contribution < 1.29 is 9.13 Å². The van der Waals surface area contributed by atoms with E-state index in [-0.39, 0.29) is 17.1 Å². The number of aliphatic imine (C=N–C) groups is 1. The van der Waals surface area contributed by atoms with Crippen molar-refractivity contribution in [2.45, 2.75) is 38.8 Å². The van der Waals surface area contributed by atoms with Gasteiger partial charge in [0.2, 0.25) is 0 Å². The zero-order valence-corrected chi connectivity index (χ0v) is 15.4. The molecular formula is C20H23FN4O2. The largest absolute Gasteiger partial charge is 0.494 e. The number of nitrogens with one attached hydrogen (secondary N) is 1. The Morgan fingerprint density at radius 2 is 2.19 bits per heavy atom. The third kappa shape index (κ3) is 3.78. The first-order valence-corrected chi connectivity index (χ1v) is 9.34. The maximum absolute atomic E-state index is 13.6. The first kappa shape index (κ1) is 17.9. The van der Waals surface area contributed by atoms with Crippen LogP contribution in [0.2, 0.25) is 0 Å². The highest BCUT2D eigenvalue weighted by molar-refractivity contribution is 5.97. The van der Waals surface area contributed by atoms with Crippen LogP contribution in [0.15, 0.2) is 28.0 Å². The summed E-state index contributed by atoms with van der Waals surface area (Å²) in [6.07, 6.45) is 3.79. The molecule has 0 bridgehead atoms. The molecule has 142 valence electrons. The van der Waals surface area contributed by atoms with Gasteiger partial charge in [0.05, 0.1) is 24.1 Å². The maximum atomic E-state index is 13.6. The van der Waals surface area contributed by atoms with Gasteiger partial charge in [-0.05, 0) is 37.0 Å². The number of aromatic nitrogens is 2. The minimum absolute atomic E-state index is 0.0790. The smallest absolute Gasteiger partial charge is 0.255 e. The maximum Gasteiger partial charge on any atom is 0.255 e. The summed E-state index contributed by atoms with van der Waals surface area (Å²) in [6.45, 7) is 2.77. The minimum Gasteiger partial charge on any atom is -0.494 e. The summed E-state index contributed by atoms with van der Waals surface area (Å²) in [5, 5.41) is 0. The Morgan fingerprint density at radius 3 is 2.96 bits per heavy atom. The Balaban J connectivity index is 1.53. The molecule has 0 fully saturated rings. The number of ether oxygens (including phenoxy) is 1. The van der Waals surface area contributed by atoms with Gasteiger partial charge in [-0.15, -0.1) is 0 Å². The SMILES string of the molecule is COc1cc(CN2CCc3nc(C4=NCCCC4)[nH]c(=O)c3C2)ccc1F. The molecule has 3 heterocycles. The van der Waals surface area contributed by atoms with Crippen LogP contribution in [0.25, 0.3) is 0 Å². The molecule has 2 aliphatic rings. The van der Waals surface area contributed by atoms with Gasteiger partial charge >= 0.3 is 0 Å². The molecule has 0 spiro atoms. The lowest BCUT2D eigenvalue weighted by Crippen LogP contribution is -2.36. The van der Waals surface area contributed by atoms with Crippen molar-refractivity contribution in [2.24, 2.45) is 4.99 Å². The van der Waals surface area contributed by atoms with Gasteiger partial charge in [0, 0.05) is 32.6 Å². The number of rotatable bonds is 4. The number of hydrogen-bond acceptors (Lipinski definition) is 5. The van der Waals surface area contributed by atoms with E-state index in [1.165, 1.54) is 13.2 Å². The van der Waals surface area contributed by atoms with Crippen molar-refractivity contribution in [1.82, 2.24) is 14.9 Å². The van der Waals surface area contributed by atoms with E-state index in [1.54, 1.807) is 12.1 Å². The second kappa shape index (κ2) is 7.60. The number of H-pyrrole nitrogens is 1. The van der Waals surface area contributed by atoms with Gasteiger partial charge in [-0.3, -0.25) is 14.7 Å². The Bertz CT molecular complexity index is 938. The standard InChI is InChI=1S/C20H23FN4O2/c1-27-18-10-13(5-6-15(18)21)11-25-9-7-16-14(12-25)20(26)24-19(23-16)17-4-2-3-8-22-17/h5-6,10H,2-4,7-9,11-12H2,1H3,(H,23,24,26). The number of hydrogen-bond donors (Lipinski definition) is 1. The predicted molar refractivity (Wildman–Crippen MR) is 101 cm³/mol. The molecular weight excluding hydrogens is 347 g/mol. The van der Waals surface area contributed by atoms with Crippen LogP contribution in [0, 0.1) is 5.82 Å². The molecule has 0 saturated carbocycles. The van der Waals surface area contributed by atoms with E-state index in [2.05, 4.69) is 14.9 Å². The zero-order valence-electron chi connectivity index (χ0n) is 15.4. The fourth-order valence-electron chi connectivity index (χ4n) is 3.70. The Kier molecular flexibility index (Phi) is 5.03. The molecule has 0 radical (unpaired) electrons. The van der Waals surface area contributed by atoms with Crippen molar-refractivity contribution in [3.63, 3.8) is 0 Å². The lowest BCUT2D eigenvalue weighted by atomic mass is 10.0. The van der Waals surface area contributed by atoms with Gasteiger partial charge in [0.1, 0.15) is 0 Å². The number of benzene rings is 1. The third-order valence-electron chi connectivity index (χ3n) is 5.17. The second-order valence-electron chi connectivity index (χ2n) is 7.05. The number of nitrogens with zero attached hydrogens (tertiary/aromatic N) is 3. The highest BCUT2D eigenvalue weighted by atomic mass is 19.1. The zero-order chi connectivity index (χ0) is 18.8. The van der Waals surface area contributed by atoms with Crippen LogP contribution in [-0.4, -0.2) is 40.8 Å². The monoisotopic (exact) mass is 370 g/mol. The van der Waals surface area contributed by atoms with E-state index in [1.807, 2.05) is 0 Å². The van der Waals surface area contributed by atoms with Gasteiger partial charge in [0.25, 0.3) is 5.56 Å². The molecule has 7 heteroatoms. The second-order valence-corrected chi connectivity index (χ2v) is 7.05. The highest BCUT2D eigenvalue weighted by Crippen LogP contribution is 2.22. The van der Waals surface area contributed by atoms with E-state index in [4.69, 9.17) is 9.72 Å². The summed E-state index contributed by atoms with van der Waals surface area (Å²) in [6, 6.07) is 4.87. The van der Waals surface area contributed by atoms with E-state index in [9.17, 15) is 9.18 Å². The fraction of sp³-hybridized carbons (Fsp3) is 0.450. The molecule has 2 aliphatic heterocycles. The number of halogens is 1. The van der Waals surface area contributed by atoms with Crippen LogP contribution in [0.4, 0.5) is 4.39 Å². The number of aromatic amines is 1. The quantitative estimate of drug-likeness (QED) is 0.897. The van der Waals surface area contributed by atoms with Crippen LogP contribution in [0.5, 0.6) is 5.75 Å². The predicted octanol–water partition coefficient (Wildman–Crippen LogP) is 2.45. The third-order valence-corrected chi connectivity index (χ3v) is 5.17. The van der Waals surface area contributed by atoms with Crippen LogP contribution in [-0.2, 0) is 19.5 Å². The lowest BCUT2D eigenvalue weighted by Gasteiger charge is -2.28. The van der Waals surface area contributed by atoms with Crippen molar-refractivity contribution in [3.8, 4) is 5.75 Å². The summed E-state index contributed by atoms with van der Waals surface area (Å²) in [5.74, 6) is 0.501. The van der Waals surface area contributed by atoms with Crippen LogP contribution in [0.1, 0.15) is 41.9 Å². The summed E-state index contributed by atoms with van der Waals surface area (Å²) < 4.78 is 18.6. The van der Waals surface area contributed by atoms with Gasteiger partial charge in [-0.2, -0.15) is 0 Å². The van der Waals surface area contributed by atoms with E-state index >= 15 is 0 Å². The Labute approximate surface area is 157 Å². The number of fused-ring (bicyclic) bond motifs is 1. The molecule has 1 aromatic carbocycles. The molecule has 6 nitrogen and oxygen atoms in total. The van der Waals surface area contributed by atoms with Gasteiger partial charge in [0.15, 0.2) is 17.4 Å². The molecule has 27 heavy (non-hydrogen) atoms. The van der Waals surface area contributed by atoms with E-state index < -0.39 is 0 Å². The average Bonchev–Trinajstić information content (AvgIpc) is 2.70. The Hall–Kier alpha value is -2.54. The van der Waals surface area contributed by atoms with Crippen LogP contribution in [0.3, 0.4) is 0 Å². The molecule has 4 rings (SSSR count). The first-order valence-electron chi connectivity index (χ1n) is 9.34. The Morgan fingerprint density at radius 1 is 1.30 bits per heavy atom. The van der Waals surface area contributed by atoms with Crippen molar-refractivity contribution >= 4 is 5.71 Å². The molecule has 0 aliphatic carbocycles. The topological polar surface area (TPSA) is 70.6 Å². The van der Waals surface area contributed by atoms with Crippen LogP contribution >= 0.6 is 0 Å². The first-order chi connectivity index (χ1) is 13.1. The summed E-state index contributed by atoms with van der Waals surface area (Å²) >= 11 is 0. The highest BCUT2D eigenvalue weighted by Gasteiger charge is 2.23. The van der Waals surface area contributed by atoms with Crippen molar-refractivity contribution in [2.75, 3.05) is 20.2 Å². The van der Waals surface area contributed by atoms with E-state index in [0.717, 1.165) is 61.3 Å². The van der Waals surface area contributed by atoms with Crippen molar-refractivity contribution in [3.05, 3.63) is 57.0 Å². The fourth-order valence-corrected chi connectivity index (χ4v) is 3.70. The normalized spacial score (nSPS) is 17.3. The van der Waals surface area contributed by atoms with Gasteiger partial charge in [-0.25, -0.2) is 9.37 Å². The molecule has 1 N–H and O–H groups in total. The number of methoxy groups -OCH3 is 1. The van der Waals surface area contributed by atoms with Crippen molar-refractivity contribution in [1.29, 1.82) is 0 Å². The molecule has 0 saturated heterocycles. The molecule has 0 unspecified atom stereocenters. The molecule has 1 aromatic heterocycles. The van der Waals surface area contributed by atoms with E-state index in [0.29, 0.717) is 18.9 Å². The summed E-state index contributed by atoms with van der Waals surface area (Å²) in [7, 11) is 1.46. The van der Waals surface area contributed by atoms with Gasteiger partial charge in [-0.1, -0.05) is 6.07 Å². The summed E-state index contributed by atoms with van der Waals surface area (Å²) in [4.78, 5) is 26.9. The minimum atomic E-state index is -0.371. The van der Waals surface area contributed by atoms with Gasteiger partial charge < -0.3 is 9.72 Å². The summed E-state index contributed by atoms with van der Waals surface area (Å²) in [5.41, 5.74) is 3.38. The van der Waals surface area contributed by atoms with Crippen LogP contribution < -0.4 is 10.3 Å². The lowest BCUT2D eigenvalue weighted by molar-refractivity contribution is 0.241. The molecule has 2 aromatic rings. The molecule has 0 amide bonds.